The molecule has 0 aromatic carbocycles. The normalized spacial score (nSPS) is 11.0. The average molecular weight is 415 g/mol. The first-order valence-electron chi connectivity index (χ1n) is 4.44. The molecule has 106 valence electrons. The van der Waals surface area contributed by atoms with Crippen molar-refractivity contribution in [2.45, 2.75) is 18.6 Å². The number of hydrogen-bond donors (Lipinski definition) is 1. The van der Waals surface area contributed by atoms with Crippen molar-refractivity contribution in [3.8, 4) is 0 Å². The molecular formula is C6H8NNa5O9P2. The standard InChI is InChI=1S/C6H13NO9P2.5Na/c8-4(3-17(11,12)13)7-5(18(14,15)16)1-2-6(9)10;;;;;/h5H,1-3H2,(H,7,8)(H,9,10)(H2,11,12,13)(H2,14,15,16);;;;;/q;5*+1/p-5. The van der Waals surface area contributed by atoms with Crippen LogP contribution in [0.4, 0.5) is 0 Å². The summed E-state index contributed by atoms with van der Waals surface area (Å²) >= 11 is 0. The summed E-state index contributed by atoms with van der Waals surface area (Å²) in [6.07, 6.45) is -3.12. The smallest absolute Gasteiger partial charge is 0.810 e. The van der Waals surface area contributed by atoms with Crippen LogP contribution in [-0.4, -0.2) is 23.8 Å². The molecule has 1 amide bonds. The fourth-order valence-electron chi connectivity index (χ4n) is 0.971. The van der Waals surface area contributed by atoms with Gasteiger partial charge in [0.05, 0.1) is 11.9 Å². The minimum absolute atomic E-state index is 0. The minimum Gasteiger partial charge on any atom is -0.810 e. The number of hydrogen-bond acceptors (Lipinski definition) is 9. The van der Waals surface area contributed by atoms with Crippen LogP contribution in [0.25, 0.3) is 0 Å². The SMILES string of the molecule is O=C([O-])CCC(NC(=O)CP(=O)([O-])[O-])P(=O)([O-])[O-].[Na+].[Na+].[Na+].[Na+].[Na+]. The maximum absolute atomic E-state index is 10.9. The second kappa shape index (κ2) is 19.6. The third-order valence-electron chi connectivity index (χ3n) is 1.67. The second-order valence-corrected chi connectivity index (χ2v) is 6.54. The maximum atomic E-state index is 10.9. The van der Waals surface area contributed by atoms with Crippen LogP contribution in [-0.2, 0) is 18.7 Å². The summed E-state index contributed by atoms with van der Waals surface area (Å²) in [7, 11) is -10.6. The van der Waals surface area contributed by atoms with Crippen LogP contribution >= 0.6 is 15.2 Å². The van der Waals surface area contributed by atoms with Crippen molar-refractivity contribution in [3.05, 3.63) is 0 Å². The zero-order valence-electron chi connectivity index (χ0n) is 13.8. The molecule has 0 aliphatic carbocycles. The van der Waals surface area contributed by atoms with Gasteiger partial charge in [-0.3, -0.25) is 4.79 Å². The molecule has 1 unspecified atom stereocenters. The van der Waals surface area contributed by atoms with Crippen LogP contribution < -0.4 is 178 Å². The van der Waals surface area contributed by atoms with Crippen molar-refractivity contribution in [1.82, 2.24) is 5.32 Å². The van der Waals surface area contributed by atoms with Gasteiger partial charge in [0.15, 0.2) is 0 Å². The Kier molecular flexibility index (Phi) is 35.3. The fraction of sp³-hybridized carbons (Fsp3) is 0.667. The third-order valence-corrected chi connectivity index (χ3v) is 3.49. The van der Waals surface area contributed by atoms with Gasteiger partial charge in [0, 0.05) is 5.97 Å². The van der Waals surface area contributed by atoms with Gasteiger partial charge in [-0.05, 0) is 20.4 Å². The molecule has 1 N–H and O–H groups in total. The Balaban J connectivity index is -0.000000144. The Morgan fingerprint density at radius 1 is 0.913 bits per heavy atom. The van der Waals surface area contributed by atoms with Crippen molar-refractivity contribution in [3.63, 3.8) is 0 Å². The predicted octanol–water partition coefficient (Wildman–Crippen LogP) is -20.2. The van der Waals surface area contributed by atoms with Crippen LogP contribution in [0.15, 0.2) is 0 Å². The number of nitrogens with one attached hydrogen (secondary N) is 1. The zero-order valence-corrected chi connectivity index (χ0v) is 25.6. The summed E-state index contributed by atoms with van der Waals surface area (Å²) in [6.45, 7) is 0. The molecule has 0 heterocycles. The molecule has 23 heavy (non-hydrogen) atoms. The summed E-state index contributed by atoms with van der Waals surface area (Å²) in [5, 5.41) is 11.6. The number of carbonyl (C=O) groups excluding carboxylic acids is 2. The number of carboxylic acid groups (broad SMARTS) is 1. The summed E-state index contributed by atoms with van der Waals surface area (Å²) < 4.78 is 20.9. The molecule has 0 rings (SSSR count). The molecule has 0 aliphatic heterocycles. The van der Waals surface area contributed by atoms with Gasteiger partial charge in [0.1, 0.15) is 0 Å². The van der Waals surface area contributed by atoms with Crippen molar-refractivity contribution < 1.29 is 191 Å². The number of carboxylic acids is 1. The number of carbonyl (C=O) groups is 2. The van der Waals surface area contributed by atoms with E-state index in [1.165, 1.54) is 5.32 Å². The van der Waals surface area contributed by atoms with Gasteiger partial charge in [-0.25, -0.2) is 0 Å². The minimum atomic E-state index is -5.37. The van der Waals surface area contributed by atoms with E-state index in [0.29, 0.717) is 0 Å². The Labute approximate surface area is 243 Å². The number of amides is 1. The van der Waals surface area contributed by atoms with Gasteiger partial charge in [-0.1, -0.05) is 7.60 Å². The summed E-state index contributed by atoms with van der Waals surface area (Å²) in [4.78, 5) is 62.8. The predicted molar refractivity (Wildman–Crippen MR) is 46.3 cm³/mol. The first kappa shape index (κ1) is 41.6. The summed E-state index contributed by atoms with van der Waals surface area (Å²) in [5.74, 6) is -5.24. The molecule has 0 radical (unpaired) electrons. The Morgan fingerprint density at radius 2 is 1.30 bits per heavy atom. The topological polar surface area (TPSA) is 196 Å². The van der Waals surface area contributed by atoms with Crippen molar-refractivity contribution >= 4 is 27.1 Å². The van der Waals surface area contributed by atoms with E-state index in [1.807, 2.05) is 0 Å². The van der Waals surface area contributed by atoms with Gasteiger partial charge in [-0.15, -0.1) is 0 Å². The Bertz CT molecular complexity index is 427. The fourth-order valence-corrected chi connectivity index (χ4v) is 2.16. The van der Waals surface area contributed by atoms with E-state index in [-0.39, 0.29) is 148 Å². The van der Waals surface area contributed by atoms with Gasteiger partial charge in [0.2, 0.25) is 5.91 Å². The third kappa shape index (κ3) is 26.2. The largest absolute Gasteiger partial charge is 1.00 e. The monoisotopic (exact) mass is 415 g/mol. The van der Waals surface area contributed by atoms with E-state index in [1.54, 1.807) is 0 Å². The molecule has 0 saturated carbocycles. The van der Waals surface area contributed by atoms with Crippen LogP contribution in [0.5, 0.6) is 0 Å². The van der Waals surface area contributed by atoms with Crippen molar-refractivity contribution in [1.29, 1.82) is 0 Å². The average Bonchev–Trinajstić information content (AvgIpc) is 2.06. The van der Waals surface area contributed by atoms with Crippen LogP contribution in [0.2, 0.25) is 0 Å². The van der Waals surface area contributed by atoms with Crippen LogP contribution in [0.3, 0.4) is 0 Å². The quantitative estimate of drug-likeness (QED) is 0.310. The van der Waals surface area contributed by atoms with Gasteiger partial charge in [0.25, 0.3) is 0 Å². The molecule has 0 spiro atoms. The number of rotatable bonds is 7. The van der Waals surface area contributed by atoms with Gasteiger partial charge >= 0.3 is 148 Å². The molecule has 10 nitrogen and oxygen atoms in total. The van der Waals surface area contributed by atoms with Gasteiger partial charge in [-0.2, -0.15) is 0 Å². The Morgan fingerprint density at radius 3 is 1.57 bits per heavy atom. The second-order valence-electron chi connectivity index (χ2n) is 3.30. The van der Waals surface area contributed by atoms with E-state index >= 15 is 0 Å². The first-order chi connectivity index (χ1) is 7.92. The molecule has 0 aromatic heterocycles. The molecular weight excluding hydrogens is 407 g/mol. The van der Waals surface area contributed by atoms with Crippen molar-refractivity contribution in [2.75, 3.05) is 6.16 Å². The first-order valence-corrected chi connectivity index (χ1v) is 7.78. The molecule has 1 atom stereocenters. The molecule has 0 bridgehead atoms. The van der Waals surface area contributed by atoms with Crippen LogP contribution in [0, 0.1) is 0 Å². The van der Waals surface area contributed by atoms with E-state index in [2.05, 4.69) is 0 Å². The molecule has 0 aliphatic rings. The van der Waals surface area contributed by atoms with E-state index in [0.717, 1.165) is 0 Å². The molecule has 0 aromatic rings. The number of aliphatic carboxylic acids is 1. The molecule has 0 fully saturated rings. The van der Waals surface area contributed by atoms with Gasteiger partial charge < -0.3 is 43.9 Å². The summed E-state index contributed by atoms with van der Waals surface area (Å²) in [5.41, 5.74) is 0. The van der Waals surface area contributed by atoms with Crippen molar-refractivity contribution in [2.24, 2.45) is 0 Å². The molecule has 17 heteroatoms. The van der Waals surface area contributed by atoms with E-state index in [9.17, 15) is 43.4 Å². The molecule has 0 saturated heterocycles. The Hall–Kier alpha value is 4.24. The van der Waals surface area contributed by atoms with E-state index in [4.69, 9.17) is 0 Å². The van der Waals surface area contributed by atoms with Crippen LogP contribution in [0.1, 0.15) is 12.8 Å². The maximum Gasteiger partial charge on any atom is 1.00 e. The summed E-state index contributed by atoms with van der Waals surface area (Å²) in [6, 6.07) is 0. The zero-order chi connectivity index (χ0) is 14.6. The van der Waals surface area contributed by atoms with E-state index < -0.39 is 51.9 Å².